The van der Waals surface area contributed by atoms with E-state index in [2.05, 4.69) is 0 Å². The van der Waals surface area contributed by atoms with Gasteiger partial charge in [0.1, 0.15) is 0 Å². The molecule has 0 atom stereocenters. The fraction of sp³-hybridized carbons (Fsp3) is 0.400. The van der Waals surface area contributed by atoms with Crippen LogP contribution >= 0.6 is 11.6 Å². The van der Waals surface area contributed by atoms with E-state index in [1.807, 2.05) is 19.1 Å². The first-order valence-corrected chi connectivity index (χ1v) is 6.70. The van der Waals surface area contributed by atoms with Gasteiger partial charge in [-0.3, -0.25) is 4.79 Å². The van der Waals surface area contributed by atoms with Crippen molar-refractivity contribution < 1.29 is 18.0 Å². The molecule has 0 unspecified atom stereocenters. The maximum atomic E-state index is 13.0. The van der Waals surface area contributed by atoms with E-state index < -0.39 is 17.0 Å². The van der Waals surface area contributed by atoms with Crippen LogP contribution < -0.4 is 0 Å². The largest absolute Gasteiger partial charge is 0.416 e. The highest BCUT2D eigenvalue weighted by Gasteiger charge is 2.34. The second-order valence-electron chi connectivity index (χ2n) is 4.51. The zero-order valence-electron chi connectivity index (χ0n) is 11.4. The molecular weight excluding hydrogens is 289 g/mol. The van der Waals surface area contributed by atoms with Gasteiger partial charge in [-0.05, 0) is 55.0 Å². The van der Waals surface area contributed by atoms with Gasteiger partial charge in [-0.1, -0.05) is 25.1 Å². The molecule has 1 aromatic rings. The third kappa shape index (κ3) is 4.37. The molecular formula is C15H16ClF3O. The lowest BCUT2D eigenvalue weighted by Crippen LogP contribution is -2.12. The Morgan fingerprint density at radius 3 is 2.45 bits per heavy atom. The Kier molecular flexibility index (Phi) is 5.81. The van der Waals surface area contributed by atoms with Crippen LogP contribution in [0.1, 0.15) is 46.8 Å². The number of aryl methyl sites for hydroxylation is 2. The van der Waals surface area contributed by atoms with E-state index in [0.717, 1.165) is 12.5 Å². The van der Waals surface area contributed by atoms with Gasteiger partial charge in [0.25, 0.3) is 5.24 Å². The molecule has 0 aromatic heterocycles. The summed E-state index contributed by atoms with van der Waals surface area (Å²) >= 11 is 5.31. The lowest BCUT2D eigenvalue weighted by Gasteiger charge is -2.15. The van der Waals surface area contributed by atoms with Crippen molar-refractivity contribution in [3.8, 4) is 0 Å². The Balaban J connectivity index is 3.18. The zero-order valence-corrected chi connectivity index (χ0v) is 12.1. The predicted molar refractivity (Wildman–Crippen MR) is 74.1 cm³/mol. The number of alkyl halides is 3. The quantitative estimate of drug-likeness (QED) is 0.533. The first-order chi connectivity index (χ1) is 9.27. The summed E-state index contributed by atoms with van der Waals surface area (Å²) in [4.78, 5) is 11.1. The average molecular weight is 305 g/mol. The Labute approximate surface area is 121 Å². The lowest BCUT2D eigenvalue weighted by molar-refractivity contribution is -0.138. The molecule has 110 valence electrons. The summed E-state index contributed by atoms with van der Waals surface area (Å²) in [6, 6.07) is 2.25. The SMILES string of the molecule is CCC=CCCc1cc(C)c(C(=O)Cl)cc1C(F)(F)F. The number of rotatable bonds is 5. The summed E-state index contributed by atoms with van der Waals surface area (Å²) in [6.07, 6.45) is 0.948. The monoisotopic (exact) mass is 304 g/mol. The van der Waals surface area contributed by atoms with Crippen molar-refractivity contribution in [1.82, 2.24) is 0 Å². The summed E-state index contributed by atoms with van der Waals surface area (Å²) in [5.41, 5.74) is -0.214. The van der Waals surface area contributed by atoms with E-state index in [0.29, 0.717) is 12.0 Å². The van der Waals surface area contributed by atoms with E-state index in [1.54, 1.807) is 6.92 Å². The molecule has 0 radical (unpaired) electrons. The fourth-order valence-electron chi connectivity index (χ4n) is 1.97. The highest BCUT2D eigenvalue weighted by molar-refractivity contribution is 6.67. The van der Waals surface area contributed by atoms with Crippen LogP contribution in [0.25, 0.3) is 0 Å². The van der Waals surface area contributed by atoms with Gasteiger partial charge in [-0.2, -0.15) is 13.2 Å². The highest BCUT2D eigenvalue weighted by Crippen LogP contribution is 2.34. The first-order valence-electron chi connectivity index (χ1n) is 6.33. The van der Waals surface area contributed by atoms with Gasteiger partial charge in [0.05, 0.1) is 5.56 Å². The van der Waals surface area contributed by atoms with Crippen molar-refractivity contribution in [2.24, 2.45) is 0 Å². The number of allylic oxidation sites excluding steroid dienone is 2. The summed E-state index contributed by atoms with van der Waals surface area (Å²) in [5.74, 6) is 0. The molecule has 1 rings (SSSR count). The van der Waals surface area contributed by atoms with Gasteiger partial charge in [0.2, 0.25) is 0 Å². The molecule has 0 amide bonds. The maximum absolute atomic E-state index is 13.0. The minimum absolute atomic E-state index is 0.0909. The Morgan fingerprint density at radius 2 is 1.95 bits per heavy atom. The molecule has 0 spiro atoms. The lowest BCUT2D eigenvalue weighted by atomic mass is 9.96. The molecule has 20 heavy (non-hydrogen) atoms. The molecule has 0 saturated carbocycles. The third-order valence-electron chi connectivity index (χ3n) is 2.95. The minimum Gasteiger partial charge on any atom is -0.276 e. The molecule has 0 heterocycles. The Morgan fingerprint density at radius 1 is 1.30 bits per heavy atom. The number of hydrogen-bond acceptors (Lipinski definition) is 1. The van der Waals surface area contributed by atoms with Crippen LogP contribution in [-0.2, 0) is 12.6 Å². The zero-order chi connectivity index (χ0) is 15.3. The molecule has 0 N–H and O–H groups in total. The van der Waals surface area contributed by atoms with Crippen LogP contribution in [0.5, 0.6) is 0 Å². The highest BCUT2D eigenvalue weighted by atomic mass is 35.5. The van der Waals surface area contributed by atoms with Crippen molar-refractivity contribution in [3.05, 3.63) is 46.5 Å². The van der Waals surface area contributed by atoms with Gasteiger partial charge in [-0.15, -0.1) is 0 Å². The average Bonchev–Trinajstić information content (AvgIpc) is 2.32. The second-order valence-corrected chi connectivity index (χ2v) is 4.86. The molecule has 0 fully saturated rings. The van der Waals surface area contributed by atoms with Crippen LogP contribution in [0.3, 0.4) is 0 Å². The summed E-state index contributed by atoms with van der Waals surface area (Å²) in [7, 11) is 0. The smallest absolute Gasteiger partial charge is 0.276 e. The molecule has 0 saturated heterocycles. The van der Waals surface area contributed by atoms with Crippen molar-refractivity contribution >= 4 is 16.8 Å². The van der Waals surface area contributed by atoms with Gasteiger partial charge in [0.15, 0.2) is 0 Å². The summed E-state index contributed by atoms with van der Waals surface area (Å²) in [5, 5.41) is -0.870. The minimum atomic E-state index is -4.49. The van der Waals surface area contributed by atoms with Crippen LogP contribution in [0.15, 0.2) is 24.3 Å². The van der Waals surface area contributed by atoms with Gasteiger partial charge >= 0.3 is 6.18 Å². The van der Waals surface area contributed by atoms with E-state index in [-0.39, 0.29) is 17.5 Å². The summed E-state index contributed by atoms with van der Waals surface area (Å²) in [6.45, 7) is 3.55. The standard InChI is InChI=1S/C15H16ClF3O/c1-3-4-5-6-7-11-8-10(2)12(14(16)20)9-13(11)15(17,18)19/h4-5,8-9H,3,6-7H2,1-2H3. The Bertz CT molecular complexity index is 519. The first kappa shape index (κ1) is 16.8. The molecule has 0 aliphatic rings. The fourth-order valence-corrected chi connectivity index (χ4v) is 2.18. The van der Waals surface area contributed by atoms with Crippen molar-refractivity contribution in [2.75, 3.05) is 0 Å². The summed E-state index contributed by atoms with van der Waals surface area (Å²) < 4.78 is 39.1. The molecule has 1 nitrogen and oxygen atoms in total. The van der Waals surface area contributed by atoms with Gasteiger partial charge < -0.3 is 0 Å². The predicted octanol–water partition coefficient (Wildman–Crippen LogP) is 5.29. The molecule has 0 aliphatic heterocycles. The van der Waals surface area contributed by atoms with Crippen LogP contribution in [0.4, 0.5) is 13.2 Å². The number of benzene rings is 1. The van der Waals surface area contributed by atoms with Crippen molar-refractivity contribution in [3.63, 3.8) is 0 Å². The van der Waals surface area contributed by atoms with Crippen LogP contribution in [0, 0.1) is 6.92 Å². The normalized spacial score (nSPS) is 12.1. The molecule has 0 aliphatic carbocycles. The maximum Gasteiger partial charge on any atom is 0.416 e. The van der Waals surface area contributed by atoms with Crippen LogP contribution in [0.2, 0.25) is 0 Å². The van der Waals surface area contributed by atoms with Crippen molar-refractivity contribution in [1.29, 1.82) is 0 Å². The molecule has 1 aromatic carbocycles. The van der Waals surface area contributed by atoms with Gasteiger partial charge in [-0.25, -0.2) is 0 Å². The van der Waals surface area contributed by atoms with E-state index in [9.17, 15) is 18.0 Å². The van der Waals surface area contributed by atoms with E-state index >= 15 is 0 Å². The second kappa shape index (κ2) is 6.93. The van der Waals surface area contributed by atoms with Crippen LogP contribution in [-0.4, -0.2) is 5.24 Å². The van der Waals surface area contributed by atoms with E-state index in [1.165, 1.54) is 6.07 Å². The third-order valence-corrected chi connectivity index (χ3v) is 3.15. The Hall–Kier alpha value is -1.29. The number of carbonyl (C=O) groups is 1. The molecule has 0 bridgehead atoms. The number of hydrogen-bond donors (Lipinski definition) is 0. The number of carbonyl (C=O) groups excluding carboxylic acids is 1. The topological polar surface area (TPSA) is 17.1 Å². The van der Waals surface area contributed by atoms with Gasteiger partial charge in [0, 0.05) is 5.56 Å². The molecule has 5 heteroatoms. The van der Waals surface area contributed by atoms with E-state index in [4.69, 9.17) is 11.6 Å². The van der Waals surface area contributed by atoms with Crippen molar-refractivity contribution in [2.45, 2.75) is 39.3 Å². The number of halogens is 4.